The van der Waals surface area contributed by atoms with Gasteiger partial charge in [-0.3, -0.25) is 0 Å². The summed E-state index contributed by atoms with van der Waals surface area (Å²) in [6, 6.07) is 1.72. The van der Waals surface area contributed by atoms with Crippen LogP contribution in [0.1, 0.15) is 19.0 Å². The number of nitrogens with two attached hydrogens (primary N) is 1. The molecular weight excluding hydrogens is 174 g/mol. The van der Waals surface area contributed by atoms with Gasteiger partial charge >= 0.3 is 0 Å². The number of anilines is 1. The quantitative estimate of drug-likeness (QED) is 0.757. The van der Waals surface area contributed by atoms with E-state index < -0.39 is 11.0 Å². The smallest absolute Gasteiger partial charge is 0.146 e. The van der Waals surface area contributed by atoms with Crippen molar-refractivity contribution in [1.82, 2.24) is 9.19 Å². The first-order valence-corrected chi connectivity index (χ1v) is 5.13. The first-order valence-electron chi connectivity index (χ1n) is 3.86. The molecule has 12 heavy (non-hydrogen) atoms. The van der Waals surface area contributed by atoms with Crippen molar-refractivity contribution in [3.05, 3.63) is 11.8 Å². The summed E-state index contributed by atoms with van der Waals surface area (Å²) in [6.07, 6.45) is 0.881. The second-order valence-electron chi connectivity index (χ2n) is 2.61. The third kappa shape index (κ3) is 1.85. The minimum absolute atomic E-state index is 0.428. The van der Waals surface area contributed by atoms with Crippen LogP contribution >= 0.6 is 0 Å². The molecule has 0 amide bonds. The summed E-state index contributed by atoms with van der Waals surface area (Å²) in [5.74, 6) is 1.05. The van der Waals surface area contributed by atoms with Gasteiger partial charge in [0.05, 0.1) is 5.69 Å². The van der Waals surface area contributed by atoms with Gasteiger partial charge in [0, 0.05) is 11.8 Å². The highest BCUT2D eigenvalue weighted by molar-refractivity contribution is 7.83. The molecule has 1 heterocycles. The van der Waals surface area contributed by atoms with Crippen LogP contribution in [-0.4, -0.2) is 19.1 Å². The Kier molecular flexibility index (Phi) is 2.86. The van der Waals surface area contributed by atoms with Crippen LogP contribution < -0.4 is 5.73 Å². The molecular formula is C7H13N3OS. The van der Waals surface area contributed by atoms with Crippen LogP contribution in [0.25, 0.3) is 0 Å². The minimum Gasteiger partial charge on any atom is -0.382 e. The second kappa shape index (κ2) is 3.71. The molecule has 0 fully saturated rings. The molecule has 0 saturated carbocycles. The van der Waals surface area contributed by atoms with Crippen molar-refractivity contribution in [1.29, 1.82) is 0 Å². The number of nitrogen functional groups attached to an aromatic ring is 1. The molecule has 0 aliphatic rings. The Labute approximate surface area is 74.3 Å². The summed E-state index contributed by atoms with van der Waals surface area (Å²) in [7, 11) is -1.05. The molecule has 0 aliphatic heterocycles. The molecule has 1 rings (SSSR count). The van der Waals surface area contributed by atoms with E-state index in [2.05, 4.69) is 5.10 Å². The van der Waals surface area contributed by atoms with Crippen molar-refractivity contribution in [2.45, 2.75) is 20.3 Å². The average Bonchev–Trinajstić information content (AvgIpc) is 2.30. The van der Waals surface area contributed by atoms with Gasteiger partial charge in [0.1, 0.15) is 16.8 Å². The first-order chi connectivity index (χ1) is 5.65. The van der Waals surface area contributed by atoms with Crippen molar-refractivity contribution in [2.24, 2.45) is 0 Å². The third-order valence-electron chi connectivity index (χ3n) is 1.44. The number of hydrogen-bond acceptors (Lipinski definition) is 3. The van der Waals surface area contributed by atoms with Gasteiger partial charge in [0.2, 0.25) is 0 Å². The normalized spacial score (nSPS) is 13.2. The number of aromatic nitrogens is 2. The van der Waals surface area contributed by atoms with E-state index in [1.165, 1.54) is 4.09 Å². The zero-order valence-corrected chi connectivity index (χ0v) is 8.10. The van der Waals surface area contributed by atoms with E-state index in [1.807, 2.05) is 13.8 Å². The zero-order valence-electron chi connectivity index (χ0n) is 7.28. The Balaban J connectivity index is 2.87. The van der Waals surface area contributed by atoms with Crippen LogP contribution in [-0.2, 0) is 11.0 Å². The van der Waals surface area contributed by atoms with Crippen LogP contribution in [0.4, 0.5) is 5.82 Å². The molecule has 1 aromatic rings. The molecule has 0 saturated heterocycles. The molecule has 0 aliphatic carbocycles. The Bertz CT molecular complexity index is 295. The Morgan fingerprint density at radius 3 is 2.83 bits per heavy atom. The molecule has 1 aromatic heterocycles. The standard InChI is InChI=1S/C7H13N3OS/c1-3-4-12(11)10-6(2)5-7(8)9-10/h5H,3-4H2,1-2H3,(H2,8,9). The van der Waals surface area contributed by atoms with Gasteiger partial charge in [-0.15, -0.1) is 5.10 Å². The van der Waals surface area contributed by atoms with E-state index in [-0.39, 0.29) is 0 Å². The largest absolute Gasteiger partial charge is 0.382 e. The van der Waals surface area contributed by atoms with Gasteiger partial charge in [-0.1, -0.05) is 6.92 Å². The molecule has 68 valence electrons. The molecule has 4 nitrogen and oxygen atoms in total. The Morgan fingerprint density at radius 1 is 1.75 bits per heavy atom. The third-order valence-corrected chi connectivity index (χ3v) is 2.95. The lowest BCUT2D eigenvalue weighted by atomic mass is 10.5. The van der Waals surface area contributed by atoms with Gasteiger partial charge in [-0.25, -0.2) is 4.21 Å². The number of nitrogens with zero attached hydrogens (tertiary/aromatic N) is 2. The molecule has 0 aromatic carbocycles. The number of rotatable bonds is 3. The molecule has 5 heteroatoms. The van der Waals surface area contributed by atoms with Crippen LogP contribution in [0, 0.1) is 6.92 Å². The van der Waals surface area contributed by atoms with Crippen molar-refractivity contribution in [3.8, 4) is 0 Å². The van der Waals surface area contributed by atoms with Crippen molar-refractivity contribution >= 4 is 16.8 Å². The van der Waals surface area contributed by atoms with Crippen LogP contribution in [0.2, 0.25) is 0 Å². The van der Waals surface area contributed by atoms with Crippen LogP contribution in [0.5, 0.6) is 0 Å². The highest BCUT2D eigenvalue weighted by Crippen LogP contribution is 2.05. The fourth-order valence-electron chi connectivity index (χ4n) is 0.949. The summed E-state index contributed by atoms with van der Waals surface area (Å²) in [6.45, 7) is 3.83. The van der Waals surface area contributed by atoms with Crippen LogP contribution in [0.3, 0.4) is 0 Å². The van der Waals surface area contributed by atoms with E-state index in [9.17, 15) is 4.21 Å². The first kappa shape index (κ1) is 9.25. The van der Waals surface area contributed by atoms with E-state index in [0.29, 0.717) is 11.6 Å². The Hall–Kier alpha value is -0.840. The van der Waals surface area contributed by atoms with Gasteiger partial charge in [-0.2, -0.15) is 4.09 Å². The summed E-state index contributed by atoms with van der Waals surface area (Å²) >= 11 is 0. The highest BCUT2D eigenvalue weighted by atomic mass is 32.2. The van der Waals surface area contributed by atoms with Crippen molar-refractivity contribution in [2.75, 3.05) is 11.5 Å². The van der Waals surface area contributed by atoms with Gasteiger partial charge < -0.3 is 5.73 Å². The lowest BCUT2D eigenvalue weighted by Gasteiger charge is -2.00. The SMILES string of the molecule is CCCS(=O)n1nc(N)cc1C. The van der Waals surface area contributed by atoms with Crippen molar-refractivity contribution < 1.29 is 4.21 Å². The van der Waals surface area contributed by atoms with Gasteiger partial charge in [0.25, 0.3) is 0 Å². The van der Waals surface area contributed by atoms with Gasteiger partial charge in [-0.05, 0) is 13.3 Å². The van der Waals surface area contributed by atoms with E-state index in [1.54, 1.807) is 6.07 Å². The lowest BCUT2D eigenvalue weighted by molar-refractivity contribution is 0.668. The minimum atomic E-state index is -1.05. The average molecular weight is 187 g/mol. The maximum absolute atomic E-state index is 11.4. The molecule has 1 unspecified atom stereocenters. The summed E-state index contributed by atoms with van der Waals surface area (Å²) in [4.78, 5) is 0. The number of aryl methyl sites for hydroxylation is 1. The van der Waals surface area contributed by atoms with E-state index >= 15 is 0 Å². The molecule has 0 bridgehead atoms. The van der Waals surface area contributed by atoms with Gasteiger partial charge in [0.15, 0.2) is 0 Å². The Morgan fingerprint density at radius 2 is 2.42 bits per heavy atom. The van der Waals surface area contributed by atoms with Crippen LogP contribution in [0.15, 0.2) is 6.07 Å². The van der Waals surface area contributed by atoms with Crippen molar-refractivity contribution in [3.63, 3.8) is 0 Å². The predicted molar refractivity (Wildman–Crippen MR) is 50.1 cm³/mol. The maximum atomic E-state index is 11.4. The second-order valence-corrected chi connectivity index (χ2v) is 4.01. The van der Waals surface area contributed by atoms with E-state index in [0.717, 1.165) is 12.1 Å². The summed E-state index contributed by atoms with van der Waals surface area (Å²) < 4.78 is 12.9. The molecule has 1 atom stereocenters. The zero-order chi connectivity index (χ0) is 9.14. The van der Waals surface area contributed by atoms with E-state index in [4.69, 9.17) is 5.73 Å². The molecule has 0 spiro atoms. The molecule has 2 N–H and O–H groups in total. The summed E-state index contributed by atoms with van der Waals surface area (Å²) in [5, 5.41) is 3.92. The fraction of sp³-hybridized carbons (Fsp3) is 0.571. The number of hydrogen-bond donors (Lipinski definition) is 1. The monoisotopic (exact) mass is 187 g/mol. The molecule has 0 radical (unpaired) electrons. The fourth-order valence-corrected chi connectivity index (χ4v) is 2.03. The topological polar surface area (TPSA) is 60.9 Å². The predicted octanol–water partition coefficient (Wildman–Crippen LogP) is 0.696. The highest BCUT2D eigenvalue weighted by Gasteiger charge is 2.06. The summed E-state index contributed by atoms with van der Waals surface area (Å²) in [5.41, 5.74) is 6.29. The maximum Gasteiger partial charge on any atom is 0.146 e. The lowest BCUT2D eigenvalue weighted by Crippen LogP contribution is -2.11.